The van der Waals surface area contributed by atoms with Crippen LogP contribution < -0.4 is 15.1 Å². The maximum absolute atomic E-state index is 3.51. The number of allylic oxidation sites excluding steroid dienone is 2. The zero-order valence-corrected chi connectivity index (χ0v) is 44.7. The predicted molar refractivity (Wildman–Crippen MR) is 326 cm³/mol. The summed E-state index contributed by atoms with van der Waals surface area (Å²) in [5.41, 5.74) is 20.8. The van der Waals surface area contributed by atoms with Crippen molar-refractivity contribution < 1.29 is 0 Å². The lowest BCUT2D eigenvalue weighted by molar-refractivity contribution is 1.25. The van der Waals surface area contributed by atoms with Crippen LogP contribution in [0.3, 0.4) is 0 Å². The summed E-state index contributed by atoms with van der Waals surface area (Å²) in [5, 5.41) is 6.09. The molecule has 3 nitrogen and oxygen atoms in total. The Bertz CT molecular complexity index is 3660. The summed E-state index contributed by atoms with van der Waals surface area (Å²) in [6.45, 7) is 14.8. The molecular weight excluding hydrogens is 915 g/mol. The second-order valence-corrected chi connectivity index (χ2v) is 19.2. The first-order valence-corrected chi connectivity index (χ1v) is 26.6. The van der Waals surface area contributed by atoms with Crippen LogP contribution in [0.1, 0.15) is 44.4 Å². The van der Waals surface area contributed by atoms with E-state index in [0.717, 1.165) is 45.4 Å². The van der Waals surface area contributed by atoms with Crippen molar-refractivity contribution in [2.75, 3.05) is 22.2 Å². The molecule has 0 saturated carbocycles. The predicted octanol–water partition coefficient (Wildman–Crippen LogP) is 21.2. The van der Waals surface area contributed by atoms with E-state index in [1.54, 1.807) is 0 Å². The standard InChI is InChI=1S/C64H51N3S.C4H8.C2H6/c1-43-20-14-15-27-53(43)64-44(2)58(54-28-16-18-30-60(54)65-4)42-59(45(64)3)55-38-36-51(66(48-23-10-6-11-24-48)52-37-39-57-56-29-17-19-31-62(56)68-63(57)41-52)40-61(55)67(49-25-12-7-13-26-49)50-34-32-47(33-35-50)46-21-8-5-9-22-46;1-3-4-2;1-2/h5-42,65H,1-4H3;3-4H,1-2H3;1-2H3/b;4-3-;. The Morgan fingerprint density at radius 1 is 0.378 bits per heavy atom. The Labute approximate surface area is 443 Å². The largest absolute Gasteiger partial charge is 0.388 e. The summed E-state index contributed by atoms with van der Waals surface area (Å²) in [6.07, 6.45) is 4.00. The molecule has 1 aromatic heterocycles. The number of fused-ring (bicyclic) bond motifs is 3. The van der Waals surface area contributed by atoms with E-state index in [0.29, 0.717) is 0 Å². The molecule has 11 rings (SSSR count). The van der Waals surface area contributed by atoms with Crippen molar-refractivity contribution in [2.45, 2.75) is 48.5 Å². The fourth-order valence-electron chi connectivity index (χ4n) is 10.1. The Kier molecular flexibility index (Phi) is 16.0. The van der Waals surface area contributed by atoms with Gasteiger partial charge in [-0.2, -0.15) is 0 Å². The number of thiophene rings is 1. The van der Waals surface area contributed by atoms with Crippen molar-refractivity contribution >= 4 is 71.3 Å². The average molecular weight is 980 g/mol. The molecule has 0 radical (unpaired) electrons. The fraction of sp³-hybridized carbons (Fsp3) is 0.114. The van der Waals surface area contributed by atoms with Gasteiger partial charge in [0, 0.05) is 72.5 Å². The number of hydrogen-bond acceptors (Lipinski definition) is 4. The molecule has 0 bridgehead atoms. The number of nitrogens with one attached hydrogen (secondary N) is 1. The van der Waals surface area contributed by atoms with E-state index in [1.165, 1.54) is 75.8 Å². The lowest BCUT2D eigenvalue weighted by atomic mass is 9.82. The quantitative estimate of drug-likeness (QED) is 0.130. The third-order valence-electron chi connectivity index (χ3n) is 13.7. The number of aryl methyl sites for hydroxylation is 1. The molecule has 0 aliphatic carbocycles. The van der Waals surface area contributed by atoms with Gasteiger partial charge in [0.15, 0.2) is 0 Å². The van der Waals surface area contributed by atoms with Crippen LogP contribution in [0.5, 0.6) is 0 Å². The van der Waals surface area contributed by atoms with Crippen molar-refractivity contribution in [3.8, 4) is 44.5 Å². The van der Waals surface area contributed by atoms with E-state index in [1.807, 2.05) is 58.2 Å². The van der Waals surface area contributed by atoms with Crippen molar-refractivity contribution in [3.05, 3.63) is 259 Å². The summed E-state index contributed by atoms with van der Waals surface area (Å²) in [7, 11) is 2.01. The highest BCUT2D eigenvalue weighted by Crippen LogP contribution is 2.50. The van der Waals surface area contributed by atoms with Crippen LogP contribution in [-0.4, -0.2) is 7.05 Å². The summed E-state index contributed by atoms with van der Waals surface area (Å²) >= 11 is 1.85. The molecule has 74 heavy (non-hydrogen) atoms. The lowest BCUT2D eigenvalue weighted by Crippen LogP contribution is -2.14. The first-order valence-electron chi connectivity index (χ1n) is 25.8. The normalized spacial score (nSPS) is 10.9. The molecule has 0 aliphatic heterocycles. The van der Waals surface area contributed by atoms with Crippen LogP contribution in [0.4, 0.5) is 39.8 Å². The minimum absolute atomic E-state index is 1.06. The molecule has 0 fully saturated rings. The zero-order chi connectivity index (χ0) is 51.6. The molecule has 0 saturated heterocycles. The molecule has 366 valence electrons. The van der Waals surface area contributed by atoms with Gasteiger partial charge in [-0.3, -0.25) is 0 Å². The number of hydrogen-bond donors (Lipinski definition) is 1. The minimum atomic E-state index is 1.06. The van der Waals surface area contributed by atoms with Gasteiger partial charge in [-0.15, -0.1) is 11.3 Å². The Hall–Kier alpha value is -8.44. The van der Waals surface area contributed by atoms with Gasteiger partial charge in [0.1, 0.15) is 0 Å². The molecule has 1 heterocycles. The Morgan fingerprint density at radius 3 is 1.51 bits per heavy atom. The number of rotatable bonds is 11. The van der Waals surface area contributed by atoms with Crippen LogP contribution in [0.25, 0.3) is 64.7 Å². The monoisotopic (exact) mass is 979 g/mol. The molecule has 1 N–H and O–H groups in total. The van der Waals surface area contributed by atoms with Gasteiger partial charge < -0.3 is 15.1 Å². The molecule has 0 unspecified atom stereocenters. The summed E-state index contributed by atoms with van der Waals surface area (Å²) in [4.78, 5) is 4.86. The highest BCUT2D eigenvalue weighted by Gasteiger charge is 2.26. The molecule has 4 heteroatoms. The van der Waals surface area contributed by atoms with E-state index >= 15 is 0 Å². The smallest absolute Gasteiger partial charge is 0.0561 e. The minimum Gasteiger partial charge on any atom is -0.388 e. The number of nitrogens with zero attached hydrogens (tertiary/aromatic N) is 2. The lowest BCUT2D eigenvalue weighted by Gasteiger charge is -2.32. The van der Waals surface area contributed by atoms with Gasteiger partial charge in [0.2, 0.25) is 0 Å². The first-order chi connectivity index (χ1) is 36.4. The fourth-order valence-corrected chi connectivity index (χ4v) is 11.2. The van der Waals surface area contributed by atoms with Crippen LogP contribution in [0, 0.1) is 20.8 Å². The molecule has 11 aromatic rings. The number of anilines is 7. The van der Waals surface area contributed by atoms with Crippen molar-refractivity contribution in [1.29, 1.82) is 0 Å². The van der Waals surface area contributed by atoms with Crippen LogP contribution in [0.15, 0.2) is 243 Å². The average Bonchev–Trinajstić information content (AvgIpc) is 3.84. The molecule has 0 spiro atoms. The van der Waals surface area contributed by atoms with Gasteiger partial charge in [-0.25, -0.2) is 0 Å². The van der Waals surface area contributed by atoms with E-state index in [2.05, 4.69) is 266 Å². The molecule has 0 aliphatic rings. The van der Waals surface area contributed by atoms with E-state index in [9.17, 15) is 0 Å². The van der Waals surface area contributed by atoms with Gasteiger partial charge >= 0.3 is 0 Å². The van der Waals surface area contributed by atoms with Gasteiger partial charge in [0.25, 0.3) is 0 Å². The van der Waals surface area contributed by atoms with Crippen LogP contribution in [0.2, 0.25) is 0 Å². The zero-order valence-electron chi connectivity index (χ0n) is 43.9. The Morgan fingerprint density at radius 2 is 0.865 bits per heavy atom. The van der Waals surface area contributed by atoms with Crippen molar-refractivity contribution in [2.24, 2.45) is 0 Å². The molecule has 10 aromatic carbocycles. The third-order valence-corrected chi connectivity index (χ3v) is 14.9. The molecule has 0 amide bonds. The van der Waals surface area contributed by atoms with E-state index < -0.39 is 0 Å². The highest BCUT2D eigenvalue weighted by atomic mass is 32.1. The first kappa shape index (κ1) is 50.5. The van der Waals surface area contributed by atoms with Crippen LogP contribution >= 0.6 is 11.3 Å². The molecule has 0 atom stereocenters. The third kappa shape index (κ3) is 10.3. The highest BCUT2D eigenvalue weighted by molar-refractivity contribution is 7.25. The van der Waals surface area contributed by atoms with Gasteiger partial charge in [-0.05, 0) is 164 Å². The summed E-state index contributed by atoms with van der Waals surface area (Å²) in [6, 6.07) is 84.0. The van der Waals surface area contributed by atoms with Crippen molar-refractivity contribution in [3.63, 3.8) is 0 Å². The maximum atomic E-state index is 3.51. The summed E-state index contributed by atoms with van der Waals surface area (Å²) < 4.78 is 2.56. The number of benzene rings is 10. The Balaban J connectivity index is 0.00000107. The second-order valence-electron chi connectivity index (χ2n) is 18.1. The second kappa shape index (κ2) is 23.4. The summed E-state index contributed by atoms with van der Waals surface area (Å²) in [5.74, 6) is 0. The van der Waals surface area contributed by atoms with Gasteiger partial charge in [0.05, 0.1) is 5.69 Å². The van der Waals surface area contributed by atoms with Gasteiger partial charge in [-0.1, -0.05) is 178 Å². The SMILES string of the molecule is C/C=C\C.CC.CNc1ccccc1-c1cc(-c2ccc(N(c3ccccc3)c3ccc4c(c3)sc3ccccc34)cc2N(c2ccccc2)c2ccc(-c3ccccc3)cc2)c(C)c(-c2ccccc2C)c1C. The molecular formula is C70H65N3S. The van der Waals surface area contributed by atoms with E-state index in [-0.39, 0.29) is 0 Å². The van der Waals surface area contributed by atoms with E-state index in [4.69, 9.17) is 0 Å². The van der Waals surface area contributed by atoms with Crippen molar-refractivity contribution in [1.82, 2.24) is 0 Å². The number of para-hydroxylation sites is 3. The van der Waals surface area contributed by atoms with Crippen LogP contribution in [-0.2, 0) is 0 Å². The maximum Gasteiger partial charge on any atom is 0.0561 e. The topological polar surface area (TPSA) is 18.5 Å².